The van der Waals surface area contributed by atoms with Gasteiger partial charge in [-0.15, -0.1) is 0 Å². The van der Waals surface area contributed by atoms with E-state index in [0.29, 0.717) is 5.69 Å². The Morgan fingerprint density at radius 2 is 2.18 bits per heavy atom. The third-order valence-corrected chi connectivity index (χ3v) is 2.92. The smallest absolute Gasteiger partial charge is 0.322 e. The van der Waals surface area contributed by atoms with Crippen LogP contribution in [0.15, 0.2) is 12.1 Å². The zero-order chi connectivity index (χ0) is 13.1. The molecule has 0 spiro atoms. The zero-order valence-electron chi connectivity index (χ0n) is 9.30. The second-order valence-corrected chi connectivity index (χ2v) is 4.98. The molecule has 8 heteroatoms. The van der Waals surface area contributed by atoms with Crippen LogP contribution in [0.3, 0.4) is 0 Å². The average molecular weight is 260 g/mol. The Balaban J connectivity index is 2.90. The highest BCUT2D eigenvalue weighted by Crippen LogP contribution is 2.21. The maximum Gasteiger partial charge on any atom is 0.322 e. The van der Waals surface area contributed by atoms with Crippen LogP contribution in [0.25, 0.3) is 0 Å². The molecule has 17 heavy (non-hydrogen) atoms. The molecule has 0 aliphatic heterocycles. The number of ether oxygens (including phenoxy) is 1. The number of methoxy groups -OCH3 is 1. The number of pyridine rings is 1. The van der Waals surface area contributed by atoms with Gasteiger partial charge in [-0.1, -0.05) is 0 Å². The molecule has 0 atom stereocenters. The number of anilines is 1. The van der Waals surface area contributed by atoms with E-state index in [4.69, 9.17) is 0 Å². The molecule has 0 radical (unpaired) electrons. The Morgan fingerprint density at radius 3 is 2.76 bits per heavy atom. The summed E-state index contributed by atoms with van der Waals surface area (Å²) >= 11 is 0. The quantitative estimate of drug-likeness (QED) is 0.739. The Labute approximate surface area is 98.5 Å². The number of nitrogens with zero attached hydrogens (tertiary/aromatic N) is 1. The largest absolute Gasteiger partial charge is 0.504 e. The van der Waals surface area contributed by atoms with Gasteiger partial charge < -0.3 is 9.84 Å². The summed E-state index contributed by atoms with van der Waals surface area (Å²) in [5, 5.41) is 9.38. The molecular formula is C9H12N2O5S. The third kappa shape index (κ3) is 3.91. The van der Waals surface area contributed by atoms with E-state index < -0.39 is 21.7 Å². The number of nitrogens with one attached hydrogen (secondary N) is 1. The van der Waals surface area contributed by atoms with Crippen molar-refractivity contribution in [3.8, 4) is 5.75 Å². The van der Waals surface area contributed by atoms with Crippen molar-refractivity contribution in [1.29, 1.82) is 0 Å². The van der Waals surface area contributed by atoms with Crippen LogP contribution in [0.4, 0.5) is 5.82 Å². The van der Waals surface area contributed by atoms with Crippen LogP contribution >= 0.6 is 0 Å². The van der Waals surface area contributed by atoms with Gasteiger partial charge in [0.05, 0.1) is 7.11 Å². The lowest BCUT2D eigenvalue weighted by molar-refractivity contribution is -0.137. The number of carbonyl (C=O) groups is 1. The monoisotopic (exact) mass is 260 g/mol. The Hall–Kier alpha value is -1.83. The van der Waals surface area contributed by atoms with Crippen molar-refractivity contribution in [1.82, 2.24) is 4.98 Å². The lowest BCUT2D eigenvalue weighted by Crippen LogP contribution is -2.24. The Morgan fingerprint density at radius 1 is 1.53 bits per heavy atom. The summed E-state index contributed by atoms with van der Waals surface area (Å²) in [6.07, 6.45) is 0. The van der Waals surface area contributed by atoms with Gasteiger partial charge in [0.15, 0.2) is 17.3 Å². The minimum absolute atomic E-state index is 0.214. The number of carbonyl (C=O) groups excluding carboxylic acids is 1. The zero-order valence-corrected chi connectivity index (χ0v) is 10.1. The normalized spacial score (nSPS) is 10.9. The molecule has 2 N–H and O–H groups in total. The third-order valence-electron chi connectivity index (χ3n) is 1.80. The van der Waals surface area contributed by atoms with Crippen LogP contribution in [-0.2, 0) is 19.6 Å². The van der Waals surface area contributed by atoms with E-state index in [-0.39, 0.29) is 11.6 Å². The van der Waals surface area contributed by atoms with Crippen molar-refractivity contribution in [2.75, 3.05) is 17.6 Å². The van der Waals surface area contributed by atoms with Gasteiger partial charge in [0.2, 0.25) is 10.0 Å². The molecule has 0 saturated carbocycles. The fourth-order valence-electron chi connectivity index (χ4n) is 1.02. The van der Waals surface area contributed by atoms with E-state index in [1.165, 1.54) is 12.1 Å². The Kier molecular flexibility index (Phi) is 3.89. The highest BCUT2D eigenvalue weighted by molar-refractivity contribution is 7.93. The van der Waals surface area contributed by atoms with Crippen LogP contribution in [-0.4, -0.2) is 37.3 Å². The lowest BCUT2D eigenvalue weighted by atomic mass is 10.3. The number of aromatic nitrogens is 1. The first-order valence-electron chi connectivity index (χ1n) is 4.58. The van der Waals surface area contributed by atoms with Gasteiger partial charge in [0.1, 0.15) is 0 Å². The molecule has 0 amide bonds. The van der Waals surface area contributed by atoms with Gasteiger partial charge in [0.25, 0.3) is 0 Å². The molecule has 0 aliphatic rings. The summed E-state index contributed by atoms with van der Waals surface area (Å²) in [7, 11) is -2.85. The van der Waals surface area contributed by atoms with Crippen LogP contribution in [0, 0.1) is 6.92 Å². The fraction of sp³-hybridized carbons (Fsp3) is 0.333. The van der Waals surface area contributed by atoms with Crippen molar-refractivity contribution in [3.05, 3.63) is 17.8 Å². The number of rotatable bonds is 4. The van der Waals surface area contributed by atoms with E-state index >= 15 is 0 Å². The Bertz CT molecular complexity index is 526. The molecule has 0 bridgehead atoms. The lowest BCUT2D eigenvalue weighted by Gasteiger charge is -2.08. The molecule has 1 heterocycles. The van der Waals surface area contributed by atoms with E-state index in [0.717, 1.165) is 7.11 Å². The molecule has 0 unspecified atom stereocenters. The fourth-order valence-corrected chi connectivity index (χ4v) is 1.97. The molecule has 0 aromatic carbocycles. The predicted octanol–water partition coefficient (Wildman–Crippen LogP) is 0.0103. The first-order valence-corrected chi connectivity index (χ1v) is 6.23. The molecule has 1 aromatic heterocycles. The second kappa shape index (κ2) is 5.00. The van der Waals surface area contributed by atoms with E-state index in [1.807, 2.05) is 4.72 Å². The molecule has 0 aliphatic carbocycles. The topological polar surface area (TPSA) is 106 Å². The second-order valence-electron chi connectivity index (χ2n) is 3.26. The summed E-state index contributed by atoms with van der Waals surface area (Å²) in [6.45, 7) is 1.64. The molecule has 1 aromatic rings. The number of aryl methyl sites for hydroxylation is 1. The molecule has 94 valence electrons. The van der Waals surface area contributed by atoms with Gasteiger partial charge in [0, 0.05) is 5.69 Å². The van der Waals surface area contributed by atoms with E-state index in [1.54, 1.807) is 6.92 Å². The van der Waals surface area contributed by atoms with E-state index in [9.17, 15) is 18.3 Å². The highest BCUT2D eigenvalue weighted by atomic mass is 32.2. The summed E-state index contributed by atoms with van der Waals surface area (Å²) in [5.74, 6) is -2.26. The predicted molar refractivity (Wildman–Crippen MR) is 60.1 cm³/mol. The number of aromatic hydroxyl groups is 1. The van der Waals surface area contributed by atoms with Gasteiger partial charge in [-0.05, 0) is 19.1 Å². The van der Waals surface area contributed by atoms with Crippen molar-refractivity contribution >= 4 is 21.8 Å². The number of hydrogen-bond donors (Lipinski definition) is 2. The maximum absolute atomic E-state index is 11.5. The van der Waals surface area contributed by atoms with Gasteiger partial charge in [-0.2, -0.15) is 0 Å². The highest BCUT2D eigenvalue weighted by Gasteiger charge is 2.19. The van der Waals surface area contributed by atoms with Crippen LogP contribution in [0.2, 0.25) is 0 Å². The SMILES string of the molecule is COC(=O)CS(=O)(=O)Nc1nc(C)ccc1O. The molecular weight excluding hydrogens is 248 g/mol. The van der Waals surface area contributed by atoms with Crippen molar-refractivity contribution < 1.29 is 23.1 Å². The van der Waals surface area contributed by atoms with Gasteiger partial charge in [-0.25, -0.2) is 13.4 Å². The molecule has 1 rings (SSSR count). The summed E-state index contributed by atoms with van der Waals surface area (Å²) in [4.78, 5) is 14.6. The first kappa shape index (κ1) is 13.2. The molecule has 0 saturated heterocycles. The minimum Gasteiger partial charge on any atom is -0.504 e. The average Bonchev–Trinajstić information content (AvgIpc) is 2.22. The number of esters is 1. The van der Waals surface area contributed by atoms with Crippen LogP contribution in [0.5, 0.6) is 5.75 Å². The summed E-state index contributed by atoms with van der Waals surface area (Å²) < 4.78 is 29.2. The molecule has 0 fully saturated rings. The first-order chi connectivity index (χ1) is 7.84. The van der Waals surface area contributed by atoms with Gasteiger partial charge in [-0.3, -0.25) is 9.52 Å². The van der Waals surface area contributed by atoms with Crippen molar-refractivity contribution in [2.24, 2.45) is 0 Å². The van der Waals surface area contributed by atoms with Crippen molar-refractivity contribution in [2.45, 2.75) is 6.92 Å². The van der Waals surface area contributed by atoms with Gasteiger partial charge >= 0.3 is 5.97 Å². The maximum atomic E-state index is 11.5. The van der Waals surface area contributed by atoms with E-state index in [2.05, 4.69) is 9.72 Å². The minimum atomic E-state index is -3.93. The molecule has 7 nitrogen and oxygen atoms in total. The summed E-state index contributed by atoms with van der Waals surface area (Å²) in [5.41, 5.74) is 0.526. The number of hydrogen-bond acceptors (Lipinski definition) is 6. The van der Waals surface area contributed by atoms with Crippen LogP contribution in [0.1, 0.15) is 5.69 Å². The van der Waals surface area contributed by atoms with Crippen molar-refractivity contribution in [3.63, 3.8) is 0 Å². The van der Waals surface area contributed by atoms with Crippen LogP contribution < -0.4 is 4.72 Å². The summed E-state index contributed by atoms with van der Waals surface area (Å²) in [6, 6.07) is 2.83. The number of sulfonamides is 1. The standard InChI is InChI=1S/C9H12N2O5S/c1-6-3-4-7(12)9(10-6)11-17(14,15)5-8(13)16-2/h3-4,12H,5H2,1-2H3,(H,10,11).